The van der Waals surface area contributed by atoms with E-state index in [4.69, 9.17) is 39.5 Å². The number of ether oxygens (including phenoxy) is 4. The maximum absolute atomic E-state index is 14.6. The van der Waals surface area contributed by atoms with Crippen LogP contribution in [-0.4, -0.2) is 70.6 Å². The van der Waals surface area contributed by atoms with E-state index >= 15 is 0 Å². The van der Waals surface area contributed by atoms with Crippen molar-refractivity contribution in [1.29, 1.82) is 5.26 Å². The average Bonchev–Trinajstić information content (AvgIpc) is 3.70. The van der Waals surface area contributed by atoms with E-state index < -0.39 is 74.1 Å². The Morgan fingerprint density at radius 1 is 1.00 bits per heavy atom. The number of para-hydroxylation sites is 1. The van der Waals surface area contributed by atoms with Gasteiger partial charge in [0, 0.05) is 12.2 Å². The lowest BCUT2D eigenvalue weighted by atomic mass is 9.87. The van der Waals surface area contributed by atoms with Gasteiger partial charge in [-0.3, -0.25) is 18.9 Å². The lowest BCUT2D eigenvalue weighted by Crippen LogP contribution is -2.50. The summed E-state index contributed by atoms with van der Waals surface area (Å²) >= 11 is 0. The third kappa shape index (κ3) is 9.40. The number of fused-ring (bicyclic) bond motifs is 1. The zero-order valence-electron chi connectivity index (χ0n) is 31.1. The molecule has 16 nitrogen and oxygen atoms in total. The van der Waals surface area contributed by atoms with E-state index in [1.807, 2.05) is 0 Å². The molecule has 0 bridgehead atoms. The standard InChI is InChI=1S/C37H49N6O10P/c1-22(2)34(44)50-32-31(30-16-15-29-28(40)17-18-41-43(29)30)52-37(20-38,33(32)51-35(45)23(3)4)21-49-54(47,53-27-9-7-6-8-10-27)42-24(5)36(46)48-19-25-11-13-26(39)14-12-25/h6-10,15-18,22-26,31-33H,11-14,19,21,39-40H2,1-5H3,(H,42,47)/t24-,25-,26-,31-,32-,33-,37+,54-/m0/s1. The Morgan fingerprint density at radius 3 is 2.31 bits per heavy atom. The molecular weight excluding hydrogens is 719 g/mol. The second-order valence-corrected chi connectivity index (χ2v) is 16.1. The smallest absolute Gasteiger partial charge is 0.459 e. The number of carbonyl (C=O) groups excluding carboxylic acids is 3. The highest BCUT2D eigenvalue weighted by atomic mass is 31.2. The fourth-order valence-corrected chi connectivity index (χ4v) is 7.72. The topological polar surface area (TPSA) is 229 Å². The van der Waals surface area contributed by atoms with Gasteiger partial charge in [-0.05, 0) is 68.9 Å². The van der Waals surface area contributed by atoms with Crippen LogP contribution in [0.5, 0.6) is 5.75 Å². The van der Waals surface area contributed by atoms with E-state index in [2.05, 4.69) is 16.3 Å². The first-order valence-electron chi connectivity index (χ1n) is 18.1. The van der Waals surface area contributed by atoms with Gasteiger partial charge in [0.05, 0.1) is 35.3 Å². The first-order chi connectivity index (χ1) is 25.6. The Hall–Kier alpha value is -4.52. The van der Waals surface area contributed by atoms with E-state index in [0.717, 1.165) is 25.7 Å². The van der Waals surface area contributed by atoms with Crippen LogP contribution >= 0.6 is 7.75 Å². The van der Waals surface area contributed by atoms with E-state index in [1.54, 1.807) is 64.1 Å². The SMILES string of the molecule is CC(C)C(=O)O[C@H]1[C@H](c2ccc3c(N)ccnn23)O[C@](C#N)(CO[P@@](=O)(N[C@@H](C)C(=O)OC[C@H]2CC[C@H](N)CC2)Oc2ccccc2)[C@H]1OC(=O)C(C)C. The molecule has 6 atom stereocenters. The average molecular weight is 769 g/mol. The van der Waals surface area contributed by atoms with Gasteiger partial charge in [-0.25, -0.2) is 9.08 Å². The van der Waals surface area contributed by atoms with E-state index in [1.165, 1.54) is 29.8 Å². The van der Waals surface area contributed by atoms with Crippen molar-refractivity contribution in [2.45, 2.75) is 96.3 Å². The normalized spacial score (nSPS) is 25.8. The molecule has 3 heterocycles. The molecule has 5 N–H and O–H groups in total. The molecule has 17 heteroatoms. The number of nitrogens with two attached hydrogens (primary N) is 2. The van der Waals surface area contributed by atoms with Crippen LogP contribution in [0, 0.1) is 29.1 Å². The quantitative estimate of drug-likeness (QED) is 0.109. The first-order valence-corrected chi connectivity index (χ1v) is 19.6. The number of hydrogen-bond acceptors (Lipinski definition) is 14. The Balaban J connectivity index is 1.48. The van der Waals surface area contributed by atoms with Crippen molar-refractivity contribution in [2.24, 2.45) is 23.5 Å². The number of carbonyl (C=O) groups is 3. The summed E-state index contributed by atoms with van der Waals surface area (Å²) in [7, 11) is -4.57. The van der Waals surface area contributed by atoms with Crippen LogP contribution < -0.4 is 21.1 Å². The Kier molecular flexibility index (Phi) is 13.0. The number of nitriles is 1. The number of benzene rings is 1. The minimum atomic E-state index is -4.57. The van der Waals surface area contributed by atoms with Crippen LogP contribution in [0.2, 0.25) is 0 Å². The number of esters is 3. The molecule has 2 aliphatic rings. The summed E-state index contributed by atoms with van der Waals surface area (Å²) in [5.74, 6) is -3.09. The number of nitrogens with one attached hydrogen (secondary N) is 1. The molecule has 5 rings (SSSR count). The summed E-state index contributed by atoms with van der Waals surface area (Å²) in [6, 6.07) is 14.0. The lowest BCUT2D eigenvalue weighted by Gasteiger charge is -2.31. The molecule has 1 saturated carbocycles. The van der Waals surface area contributed by atoms with Gasteiger partial charge in [0.25, 0.3) is 0 Å². The summed E-state index contributed by atoms with van der Waals surface area (Å²) in [5.41, 5.74) is 11.2. The van der Waals surface area contributed by atoms with Gasteiger partial charge in [0.1, 0.15) is 30.6 Å². The van der Waals surface area contributed by atoms with Gasteiger partial charge in [-0.2, -0.15) is 15.4 Å². The van der Waals surface area contributed by atoms with Gasteiger partial charge in [-0.1, -0.05) is 45.9 Å². The number of nitrogens with zero attached hydrogens (tertiary/aromatic N) is 3. The molecule has 1 aliphatic heterocycles. The van der Waals surface area contributed by atoms with E-state index in [-0.39, 0.29) is 24.3 Å². The van der Waals surface area contributed by atoms with Gasteiger partial charge in [0.15, 0.2) is 12.2 Å². The van der Waals surface area contributed by atoms with Crippen LogP contribution in [0.1, 0.15) is 72.1 Å². The fourth-order valence-electron chi connectivity index (χ4n) is 6.20. The minimum absolute atomic E-state index is 0.124. The molecule has 0 amide bonds. The highest BCUT2D eigenvalue weighted by Crippen LogP contribution is 2.50. The molecule has 2 fully saturated rings. The van der Waals surface area contributed by atoms with Gasteiger partial charge in [-0.15, -0.1) is 0 Å². The number of anilines is 1. The largest absolute Gasteiger partial charge is 0.464 e. The second-order valence-electron chi connectivity index (χ2n) is 14.4. The fraction of sp³-hybridized carbons (Fsp3) is 0.541. The van der Waals surface area contributed by atoms with Crippen molar-refractivity contribution in [1.82, 2.24) is 14.7 Å². The summed E-state index contributed by atoms with van der Waals surface area (Å²) in [5, 5.41) is 17.9. The van der Waals surface area contributed by atoms with Crippen molar-refractivity contribution in [3.05, 3.63) is 60.4 Å². The predicted octanol–water partition coefficient (Wildman–Crippen LogP) is 4.63. The highest BCUT2D eigenvalue weighted by Gasteiger charge is 2.62. The molecule has 0 radical (unpaired) electrons. The van der Waals surface area contributed by atoms with Gasteiger partial charge in [0.2, 0.25) is 5.60 Å². The van der Waals surface area contributed by atoms with Crippen LogP contribution in [0.3, 0.4) is 0 Å². The number of hydrogen-bond donors (Lipinski definition) is 3. The maximum Gasteiger partial charge on any atom is 0.459 e. The molecule has 54 heavy (non-hydrogen) atoms. The molecule has 0 unspecified atom stereocenters. The Labute approximate surface area is 314 Å². The van der Waals surface area contributed by atoms with Crippen LogP contribution in [-0.2, 0) is 42.4 Å². The predicted molar refractivity (Wildman–Crippen MR) is 195 cm³/mol. The third-order valence-electron chi connectivity index (χ3n) is 9.41. The molecule has 2 aromatic heterocycles. The van der Waals surface area contributed by atoms with Crippen molar-refractivity contribution >= 4 is 36.9 Å². The van der Waals surface area contributed by atoms with E-state index in [9.17, 15) is 24.2 Å². The summed E-state index contributed by atoms with van der Waals surface area (Å²) in [6.45, 7) is 7.21. The molecule has 1 aliphatic carbocycles. The summed E-state index contributed by atoms with van der Waals surface area (Å²) in [6.07, 6.45) is 0.518. The van der Waals surface area contributed by atoms with Crippen LogP contribution in [0.15, 0.2) is 54.7 Å². The summed E-state index contributed by atoms with van der Waals surface area (Å²) in [4.78, 5) is 39.6. The molecule has 0 spiro atoms. The third-order valence-corrected chi connectivity index (χ3v) is 11.0. The van der Waals surface area contributed by atoms with E-state index in [0.29, 0.717) is 16.9 Å². The highest BCUT2D eigenvalue weighted by molar-refractivity contribution is 7.52. The van der Waals surface area contributed by atoms with Gasteiger partial charge < -0.3 is 34.9 Å². The monoisotopic (exact) mass is 768 g/mol. The maximum atomic E-state index is 14.6. The van der Waals surface area contributed by atoms with Crippen LogP contribution in [0.25, 0.3) is 5.52 Å². The van der Waals surface area contributed by atoms with Crippen molar-refractivity contribution in [3.63, 3.8) is 0 Å². The van der Waals surface area contributed by atoms with Crippen LogP contribution in [0.4, 0.5) is 5.69 Å². The zero-order chi connectivity index (χ0) is 39.2. The number of rotatable bonds is 15. The zero-order valence-corrected chi connectivity index (χ0v) is 32.0. The lowest BCUT2D eigenvalue weighted by molar-refractivity contribution is -0.173. The second kappa shape index (κ2) is 17.3. The molecule has 1 aromatic carbocycles. The molecule has 1 saturated heterocycles. The molecule has 3 aromatic rings. The number of aromatic nitrogens is 2. The molecule has 292 valence electrons. The first kappa shape index (κ1) is 40.7. The number of nitrogen functional groups attached to an aromatic ring is 1. The Bertz CT molecular complexity index is 1880. The van der Waals surface area contributed by atoms with Crippen molar-refractivity contribution in [2.75, 3.05) is 18.9 Å². The van der Waals surface area contributed by atoms with Crippen molar-refractivity contribution < 1.29 is 46.9 Å². The summed E-state index contributed by atoms with van der Waals surface area (Å²) < 4.78 is 51.7. The minimum Gasteiger partial charge on any atom is -0.464 e. The molecular formula is C37H49N6O10P. The van der Waals surface area contributed by atoms with Crippen molar-refractivity contribution in [3.8, 4) is 11.8 Å². The van der Waals surface area contributed by atoms with Gasteiger partial charge >= 0.3 is 25.7 Å². The Morgan fingerprint density at radius 2 is 1.67 bits per heavy atom.